The fourth-order valence-corrected chi connectivity index (χ4v) is 3.60. The molecule has 0 unspecified atom stereocenters. The number of pyridine rings is 1. The SMILES string of the molecule is Cc1ccccc1C(=O)Nc1cccc(-c2csc(-c3ccccn3)n2)c1. The molecule has 132 valence electrons. The molecule has 0 aliphatic heterocycles. The number of nitrogens with one attached hydrogen (secondary N) is 1. The Morgan fingerprint density at radius 1 is 0.963 bits per heavy atom. The first-order valence-electron chi connectivity index (χ1n) is 8.55. The Morgan fingerprint density at radius 3 is 2.63 bits per heavy atom. The first-order chi connectivity index (χ1) is 13.2. The minimum atomic E-state index is -0.113. The van der Waals surface area contributed by atoms with Gasteiger partial charge < -0.3 is 5.32 Å². The number of amides is 1. The van der Waals surface area contributed by atoms with E-state index in [1.807, 2.05) is 79.0 Å². The van der Waals surface area contributed by atoms with E-state index in [0.29, 0.717) is 5.56 Å². The van der Waals surface area contributed by atoms with E-state index in [4.69, 9.17) is 0 Å². The summed E-state index contributed by atoms with van der Waals surface area (Å²) in [6.45, 7) is 1.93. The molecule has 4 nitrogen and oxygen atoms in total. The van der Waals surface area contributed by atoms with Crippen LogP contribution in [-0.2, 0) is 0 Å². The topological polar surface area (TPSA) is 54.9 Å². The summed E-state index contributed by atoms with van der Waals surface area (Å²) in [5.41, 5.74) is 5.05. The van der Waals surface area contributed by atoms with E-state index in [0.717, 1.165) is 33.2 Å². The molecule has 0 spiro atoms. The molecule has 0 bridgehead atoms. The van der Waals surface area contributed by atoms with Gasteiger partial charge in [0.1, 0.15) is 5.01 Å². The van der Waals surface area contributed by atoms with Gasteiger partial charge in [-0.2, -0.15) is 0 Å². The van der Waals surface area contributed by atoms with Gasteiger partial charge in [-0.15, -0.1) is 11.3 Å². The van der Waals surface area contributed by atoms with E-state index in [2.05, 4.69) is 15.3 Å². The molecule has 4 rings (SSSR count). The fraction of sp³-hybridized carbons (Fsp3) is 0.0455. The summed E-state index contributed by atoms with van der Waals surface area (Å²) in [6.07, 6.45) is 1.76. The quantitative estimate of drug-likeness (QED) is 0.520. The van der Waals surface area contributed by atoms with Crippen molar-refractivity contribution in [3.8, 4) is 22.0 Å². The van der Waals surface area contributed by atoms with Gasteiger partial charge >= 0.3 is 0 Å². The number of hydrogen-bond acceptors (Lipinski definition) is 4. The first kappa shape index (κ1) is 17.1. The average Bonchev–Trinajstić information content (AvgIpc) is 3.19. The van der Waals surface area contributed by atoms with E-state index in [-0.39, 0.29) is 5.91 Å². The summed E-state index contributed by atoms with van der Waals surface area (Å²) in [7, 11) is 0. The van der Waals surface area contributed by atoms with Crippen molar-refractivity contribution in [1.82, 2.24) is 9.97 Å². The standard InChI is InChI=1S/C22H17N3OS/c1-15-7-2-3-10-18(15)21(26)24-17-9-6-8-16(13-17)20-14-27-22(25-20)19-11-4-5-12-23-19/h2-14H,1H3,(H,24,26). The van der Waals surface area contributed by atoms with Crippen LogP contribution in [0.25, 0.3) is 22.0 Å². The number of thiazole rings is 1. The molecule has 0 aliphatic carbocycles. The van der Waals surface area contributed by atoms with Crippen LogP contribution in [0.5, 0.6) is 0 Å². The molecule has 0 saturated heterocycles. The van der Waals surface area contributed by atoms with Crippen molar-refractivity contribution in [1.29, 1.82) is 0 Å². The zero-order chi connectivity index (χ0) is 18.6. The van der Waals surface area contributed by atoms with Crippen molar-refractivity contribution >= 4 is 22.9 Å². The number of rotatable bonds is 4. The summed E-state index contributed by atoms with van der Waals surface area (Å²) in [5, 5.41) is 5.85. The lowest BCUT2D eigenvalue weighted by atomic mass is 10.1. The van der Waals surface area contributed by atoms with Crippen LogP contribution >= 0.6 is 11.3 Å². The van der Waals surface area contributed by atoms with Crippen molar-refractivity contribution in [3.63, 3.8) is 0 Å². The molecular formula is C22H17N3OS. The minimum Gasteiger partial charge on any atom is -0.322 e. The van der Waals surface area contributed by atoms with Gasteiger partial charge in [0, 0.05) is 28.4 Å². The monoisotopic (exact) mass is 371 g/mol. The van der Waals surface area contributed by atoms with Gasteiger partial charge in [0.2, 0.25) is 0 Å². The van der Waals surface area contributed by atoms with Gasteiger partial charge in [-0.3, -0.25) is 9.78 Å². The maximum Gasteiger partial charge on any atom is 0.255 e. The maximum absolute atomic E-state index is 12.5. The van der Waals surface area contributed by atoms with Crippen molar-refractivity contribution < 1.29 is 4.79 Å². The Hall–Kier alpha value is -3.31. The summed E-state index contributed by atoms with van der Waals surface area (Å²) < 4.78 is 0. The van der Waals surface area contributed by atoms with Crippen LogP contribution in [0.2, 0.25) is 0 Å². The van der Waals surface area contributed by atoms with E-state index in [1.165, 1.54) is 0 Å². The molecule has 0 radical (unpaired) electrons. The molecule has 4 aromatic rings. The number of carbonyl (C=O) groups is 1. The van der Waals surface area contributed by atoms with Gasteiger partial charge in [-0.25, -0.2) is 4.98 Å². The maximum atomic E-state index is 12.5. The highest BCUT2D eigenvalue weighted by Gasteiger charge is 2.11. The molecule has 0 saturated carbocycles. The third-order valence-corrected chi connectivity index (χ3v) is 5.06. The second-order valence-corrected chi connectivity index (χ2v) is 6.96. The Morgan fingerprint density at radius 2 is 1.81 bits per heavy atom. The number of aryl methyl sites for hydroxylation is 1. The summed E-state index contributed by atoms with van der Waals surface area (Å²) in [5.74, 6) is -0.113. The van der Waals surface area contributed by atoms with Crippen LogP contribution in [0.15, 0.2) is 78.3 Å². The number of benzene rings is 2. The van der Waals surface area contributed by atoms with E-state index >= 15 is 0 Å². The molecule has 1 N–H and O–H groups in total. The van der Waals surface area contributed by atoms with Gasteiger partial charge in [0.15, 0.2) is 0 Å². The molecule has 2 aromatic carbocycles. The summed E-state index contributed by atoms with van der Waals surface area (Å²) in [4.78, 5) is 21.6. The van der Waals surface area contributed by atoms with Crippen LogP contribution in [0.3, 0.4) is 0 Å². The number of anilines is 1. The average molecular weight is 371 g/mol. The second-order valence-electron chi connectivity index (χ2n) is 6.10. The lowest BCUT2D eigenvalue weighted by Crippen LogP contribution is -2.13. The van der Waals surface area contributed by atoms with Crippen LogP contribution in [-0.4, -0.2) is 15.9 Å². The Balaban J connectivity index is 1.57. The fourth-order valence-electron chi connectivity index (χ4n) is 2.80. The minimum absolute atomic E-state index is 0.113. The zero-order valence-electron chi connectivity index (χ0n) is 14.7. The van der Waals surface area contributed by atoms with Crippen LogP contribution in [0.4, 0.5) is 5.69 Å². The molecule has 2 heterocycles. The molecule has 0 atom stereocenters. The molecule has 1 amide bonds. The van der Waals surface area contributed by atoms with Crippen LogP contribution in [0, 0.1) is 6.92 Å². The number of aromatic nitrogens is 2. The van der Waals surface area contributed by atoms with Gasteiger partial charge in [0.05, 0.1) is 11.4 Å². The number of nitrogens with zero attached hydrogens (tertiary/aromatic N) is 2. The zero-order valence-corrected chi connectivity index (χ0v) is 15.5. The molecule has 0 fully saturated rings. The Kier molecular flexibility index (Phi) is 4.77. The van der Waals surface area contributed by atoms with Gasteiger partial charge in [-0.1, -0.05) is 36.4 Å². The summed E-state index contributed by atoms with van der Waals surface area (Å²) in [6, 6.07) is 21.1. The first-order valence-corrected chi connectivity index (χ1v) is 9.43. The smallest absolute Gasteiger partial charge is 0.255 e. The van der Waals surface area contributed by atoms with Gasteiger partial charge in [-0.05, 0) is 42.8 Å². The van der Waals surface area contributed by atoms with E-state index < -0.39 is 0 Å². The molecular weight excluding hydrogens is 354 g/mol. The molecule has 27 heavy (non-hydrogen) atoms. The lowest BCUT2D eigenvalue weighted by molar-refractivity contribution is 0.102. The van der Waals surface area contributed by atoms with Crippen molar-refractivity contribution in [2.75, 3.05) is 5.32 Å². The lowest BCUT2D eigenvalue weighted by Gasteiger charge is -2.08. The van der Waals surface area contributed by atoms with Gasteiger partial charge in [0.25, 0.3) is 5.91 Å². The highest BCUT2D eigenvalue weighted by Crippen LogP contribution is 2.29. The second kappa shape index (κ2) is 7.51. The molecule has 5 heteroatoms. The Labute approximate surface area is 161 Å². The summed E-state index contributed by atoms with van der Waals surface area (Å²) >= 11 is 1.56. The number of hydrogen-bond donors (Lipinski definition) is 1. The highest BCUT2D eigenvalue weighted by molar-refractivity contribution is 7.13. The number of carbonyl (C=O) groups excluding carboxylic acids is 1. The normalized spacial score (nSPS) is 10.6. The highest BCUT2D eigenvalue weighted by atomic mass is 32.1. The predicted octanol–water partition coefficient (Wildman–Crippen LogP) is 5.43. The van der Waals surface area contributed by atoms with Crippen molar-refractivity contribution in [3.05, 3.63) is 89.4 Å². The Bertz CT molecular complexity index is 1090. The predicted molar refractivity (Wildman–Crippen MR) is 110 cm³/mol. The largest absolute Gasteiger partial charge is 0.322 e. The van der Waals surface area contributed by atoms with Crippen molar-refractivity contribution in [2.45, 2.75) is 6.92 Å². The van der Waals surface area contributed by atoms with Crippen LogP contribution in [0.1, 0.15) is 15.9 Å². The molecule has 0 aliphatic rings. The van der Waals surface area contributed by atoms with Crippen LogP contribution < -0.4 is 5.32 Å². The van der Waals surface area contributed by atoms with Crippen molar-refractivity contribution in [2.24, 2.45) is 0 Å². The van der Waals surface area contributed by atoms with E-state index in [1.54, 1.807) is 17.5 Å². The third kappa shape index (κ3) is 3.78. The third-order valence-electron chi connectivity index (χ3n) is 4.19. The molecule has 2 aromatic heterocycles. The van der Waals surface area contributed by atoms with E-state index in [9.17, 15) is 4.79 Å².